The number of rotatable bonds is 11. The number of aliphatic hydroxyl groups is 1. The molecule has 0 spiro atoms. The lowest BCUT2D eigenvalue weighted by atomic mass is 10.0. The van der Waals surface area contributed by atoms with Crippen molar-refractivity contribution in [3.05, 3.63) is 23.8 Å². The summed E-state index contributed by atoms with van der Waals surface area (Å²) in [6, 6.07) is 4.35. The molecular weight excluding hydrogens is 593 g/mol. The first-order valence-corrected chi connectivity index (χ1v) is 15.7. The van der Waals surface area contributed by atoms with Crippen LogP contribution in [0.1, 0.15) is 76.1 Å². The predicted octanol–water partition coefficient (Wildman–Crippen LogP) is 4.56. The molecule has 0 saturated heterocycles. The third-order valence-corrected chi connectivity index (χ3v) is 7.85. The number of aliphatic hydroxyl groups excluding tert-OH is 1. The molecule has 2 N–H and O–H groups in total. The van der Waals surface area contributed by atoms with Gasteiger partial charge in [0.2, 0.25) is 11.8 Å². The molecule has 0 aliphatic carbocycles. The van der Waals surface area contributed by atoms with Gasteiger partial charge in [0.15, 0.2) is 0 Å². The standard InChI is InChI=1S/C32H51F3N4O6/c1-22-19-39(23(2)21-40)31(43)26-18-25(36-29(41)11-9-16-37(4)5)12-13-27(26)45-24(3)10-7-8-17-44-28(22)20-38(6)30(42)14-15-32(33,34)35/h12-13,18,22-24,28,40H,7-11,14-17,19-21H2,1-6H3,(H,36,41)/t22-,23+,24+,28-/m0/s1. The molecule has 0 radical (unpaired) electrons. The number of nitrogens with one attached hydrogen (secondary N) is 1. The first kappa shape index (κ1) is 38.3. The Morgan fingerprint density at radius 1 is 1.16 bits per heavy atom. The van der Waals surface area contributed by atoms with Gasteiger partial charge in [0, 0.05) is 51.2 Å². The van der Waals surface area contributed by atoms with E-state index in [0.29, 0.717) is 43.7 Å². The molecule has 1 aliphatic rings. The zero-order chi connectivity index (χ0) is 33.7. The normalized spacial score (nSPS) is 21.0. The van der Waals surface area contributed by atoms with Gasteiger partial charge in [0.1, 0.15) is 5.75 Å². The van der Waals surface area contributed by atoms with Gasteiger partial charge in [0.05, 0.1) is 36.8 Å². The molecule has 0 unspecified atom stereocenters. The first-order chi connectivity index (χ1) is 21.1. The van der Waals surface area contributed by atoms with E-state index in [1.165, 1.54) is 16.8 Å². The number of likely N-dealkylation sites (N-methyl/N-ethyl adjacent to an activating group) is 1. The largest absolute Gasteiger partial charge is 0.490 e. The summed E-state index contributed by atoms with van der Waals surface area (Å²) in [7, 11) is 5.32. The highest BCUT2D eigenvalue weighted by Crippen LogP contribution is 2.29. The van der Waals surface area contributed by atoms with Crippen LogP contribution in [0.2, 0.25) is 0 Å². The highest BCUT2D eigenvalue weighted by atomic mass is 19.4. The Kier molecular flexibility index (Phi) is 15.6. The summed E-state index contributed by atoms with van der Waals surface area (Å²) in [5.41, 5.74) is 0.675. The molecule has 45 heavy (non-hydrogen) atoms. The minimum atomic E-state index is -4.43. The van der Waals surface area contributed by atoms with Crippen molar-refractivity contribution in [2.75, 3.05) is 59.3 Å². The SMILES string of the molecule is C[C@@H]1CCCCO[C@@H](CN(C)C(=O)CCC(F)(F)F)[C@@H](C)CN([C@H](C)CO)C(=O)c2cc(NC(=O)CCCN(C)C)ccc2O1. The Labute approximate surface area is 265 Å². The Morgan fingerprint density at radius 2 is 1.87 bits per heavy atom. The number of hydrogen-bond acceptors (Lipinski definition) is 7. The van der Waals surface area contributed by atoms with Crippen molar-refractivity contribution >= 4 is 23.4 Å². The summed E-state index contributed by atoms with van der Waals surface area (Å²) in [6.45, 7) is 6.44. The lowest BCUT2D eigenvalue weighted by molar-refractivity contribution is -0.149. The van der Waals surface area contributed by atoms with Crippen LogP contribution in [0.5, 0.6) is 5.75 Å². The quantitative estimate of drug-likeness (QED) is 0.363. The summed E-state index contributed by atoms with van der Waals surface area (Å²) < 4.78 is 50.5. The Hall–Kier alpha value is -2.90. The molecule has 1 aromatic carbocycles. The molecule has 2 rings (SSSR count). The molecule has 1 heterocycles. The minimum absolute atomic E-state index is 0.0491. The van der Waals surface area contributed by atoms with Crippen molar-refractivity contribution in [1.29, 1.82) is 0 Å². The number of ether oxygens (including phenoxy) is 2. The number of hydrogen-bond donors (Lipinski definition) is 2. The van der Waals surface area contributed by atoms with Gasteiger partial charge in [-0.05, 0) is 78.4 Å². The second-order valence-electron chi connectivity index (χ2n) is 12.4. The van der Waals surface area contributed by atoms with Crippen molar-refractivity contribution in [2.24, 2.45) is 5.92 Å². The van der Waals surface area contributed by atoms with Crippen molar-refractivity contribution in [1.82, 2.24) is 14.7 Å². The van der Waals surface area contributed by atoms with E-state index in [2.05, 4.69) is 5.32 Å². The topological polar surface area (TPSA) is 112 Å². The molecule has 0 fully saturated rings. The van der Waals surface area contributed by atoms with Crippen molar-refractivity contribution in [3.63, 3.8) is 0 Å². The molecule has 0 bridgehead atoms. The number of amides is 3. The molecule has 0 saturated carbocycles. The molecular formula is C32H51F3N4O6. The number of carbonyl (C=O) groups excluding carboxylic acids is 3. The first-order valence-electron chi connectivity index (χ1n) is 15.7. The van der Waals surface area contributed by atoms with Crippen LogP contribution < -0.4 is 10.1 Å². The number of halogens is 3. The summed E-state index contributed by atoms with van der Waals surface area (Å²) in [5, 5.41) is 13.0. The number of fused-ring (bicyclic) bond motifs is 1. The minimum Gasteiger partial charge on any atom is -0.490 e. The van der Waals surface area contributed by atoms with E-state index < -0.39 is 43.0 Å². The van der Waals surface area contributed by atoms with Gasteiger partial charge >= 0.3 is 6.18 Å². The van der Waals surface area contributed by atoms with E-state index in [4.69, 9.17) is 9.47 Å². The Bertz CT molecular complexity index is 1100. The third kappa shape index (κ3) is 13.5. The maximum absolute atomic E-state index is 14.2. The van der Waals surface area contributed by atoms with E-state index in [1.54, 1.807) is 25.1 Å². The Balaban J connectivity index is 2.37. The maximum atomic E-state index is 14.2. The van der Waals surface area contributed by atoms with Gasteiger partial charge in [-0.25, -0.2) is 0 Å². The van der Waals surface area contributed by atoms with Gasteiger partial charge in [0.25, 0.3) is 5.91 Å². The maximum Gasteiger partial charge on any atom is 0.389 e. The average Bonchev–Trinajstić information content (AvgIpc) is 2.96. The van der Waals surface area contributed by atoms with Gasteiger partial charge in [-0.1, -0.05) is 6.92 Å². The fourth-order valence-corrected chi connectivity index (χ4v) is 5.05. The van der Waals surface area contributed by atoms with E-state index in [-0.39, 0.29) is 43.2 Å². The average molecular weight is 645 g/mol. The highest BCUT2D eigenvalue weighted by molar-refractivity contribution is 5.99. The van der Waals surface area contributed by atoms with Crippen molar-refractivity contribution < 1.29 is 42.1 Å². The molecule has 1 aliphatic heterocycles. The summed E-state index contributed by atoms with van der Waals surface area (Å²) >= 11 is 0. The van der Waals surface area contributed by atoms with Crippen LogP contribution in [0, 0.1) is 5.92 Å². The second-order valence-corrected chi connectivity index (χ2v) is 12.4. The van der Waals surface area contributed by atoms with Gasteiger partial charge in [-0.3, -0.25) is 14.4 Å². The lowest BCUT2D eigenvalue weighted by Crippen LogP contribution is -2.48. The van der Waals surface area contributed by atoms with Crippen LogP contribution in [0.25, 0.3) is 0 Å². The smallest absolute Gasteiger partial charge is 0.389 e. The van der Waals surface area contributed by atoms with Crippen molar-refractivity contribution in [3.8, 4) is 5.75 Å². The van der Waals surface area contributed by atoms with Crippen LogP contribution in [-0.2, 0) is 14.3 Å². The van der Waals surface area contributed by atoms with E-state index in [0.717, 1.165) is 13.0 Å². The van der Waals surface area contributed by atoms with E-state index in [9.17, 15) is 32.7 Å². The molecule has 10 nitrogen and oxygen atoms in total. The molecule has 3 amide bonds. The monoisotopic (exact) mass is 644 g/mol. The van der Waals surface area contributed by atoms with Crippen LogP contribution in [-0.4, -0.2) is 116 Å². The molecule has 4 atom stereocenters. The zero-order valence-corrected chi connectivity index (χ0v) is 27.5. The lowest BCUT2D eigenvalue weighted by Gasteiger charge is -2.36. The molecule has 0 aromatic heterocycles. The fourth-order valence-electron chi connectivity index (χ4n) is 5.05. The van der Waals surface area contributed by atoms with Gasteiger partial charge in [-0.2, -0.15) is 13.2 Å². The number of alkyl halides is 3. The van der Waals surface area contributed by atoms with E-state index in [1.807, 2.05) is 32.8 Å². The highest BCUT2D eigenvalue weighted by Gasteiger charge is 2.32. The van der Waals surface area contributed by atoms with Crippen LogP contribution >= 0.6 is 0 Å². The number of carbonyl (C=O) groups is 3. The second kappa shape index (κ2) is 18.3. The van der Waals surface area contributed by atoms with Crippen LogP contribution in [0.4, 0.5) is 18.9 Å². The molecule has 13 heteroatoms. The Morgan fingerprint density at radius 3 is 2.51 bits per heavy atom. The number of anilines is 1. The number of nitrogens with zero attached hydrogens (tertiary/aromatic N) is 3. The van der Waals surface area contributed by atoms with Crippen LogP contribution in [0.15, 0.2) is 18.2 Å². The molecule has 1 aromatic rings. The third-order valence-electron chi connectivity index (χ3n) is 7.85. The van der Waals surface area contributed by atoms with Gasteiger partial charge in [-0.15, -0.1) is 0 Å². The summed E-state index contributed by atoms with van der Waals surface area (Å²) in [6.07, 6.45) is -3.97. The fraction of sp³-hybridized carbons (Fsp3) is 0.719. The summed E-state index contributed by atoms with van der Waals surface area (Å²) in [5.74, 6) is -1.23. The van der Waals surface area contributed by atoms with Crippen LogP contribution in [0.3, 0.4) is 0 Å². The molecule has 256 valence electrons. The van der Waals surface area contributed by atoms with Crippen molar-refractivity contribution in [2.45, 2.75) is 90.1 Å². The zero-order valence-electron chi connectivity index (χ0n) is 27.5. The van der Waals surface area contributed by atoms with E-state index >= 15 is 0 Å². The van der Waals surface area contributed by atoms with Gasteiger partial charge < -0.3 is 34.6 Å². The predicted molar refractivity (Wildman–Crippen MR) is 166 cm³/mol. The number of benzene rings is 1. The summed E-state index contributed by atoms with van der Waals surface area (Å²) in [4.78, 5) is 44.0.